The highest BCUT2D eigenvalue weighted by Gasteiger charge is 2.24. The smallest absolute Gasteiger partial charge is 0.231 e. The van der Waals surface area contributed by atoms with Crippen LogP contribution in [0.3, 0.4) is 0 Å². The molecule has 1 amide bonds. The fraction of sp³-hybridized carbons (Fsp3) is 0.316. The number of carbonyl (C=O) groups is 1. The Morgan fingerprint density at radius 1 is 1.05 bits per heavy atom. The minimum absolute atomic E-state index is 0.155. The van der Waals surface area contributed by atoms with E-state index in [1.165, 1.54) is 19.3 Å². The van der Waals surface area contributed by atoms with E-state index in [0.717, 1.165) is 23.5 Å². The van der Waals surface area contributed by atoms with Gasteiger partial charge in [-0.15, -0.1) is 0 Å². The van der Waals surface area contributed by atoms with Crippen LogP contribution < -0.4 is 10.6 Å². The molecule has 2 aromatic carbocycles. The third-order valence-corrected chi connectivity index (χ3v) is 4.37. The summed E-state index contributed by atoms with van der Waals surface area (Å²) in [5.41, 5.74) is 8.44. The first-order valence-electron chi connectivity index (χ1n) is 7.92. The van der Waals surface area contributed by atoms with Crippen LogP contribution in [0.5, 0.6) is 0 Å². The molecule has 3 nitrogen and oxygen atoms in total. The molecule has 0 atom stereocenters. The average Bonchev–Trinajstić information content (AvgIpc) is 2.49. The number of nitrogens with two attached hydrogens (primary N) is 1. The molecule has 3 rings (SSSR count). The van der Waals surface area contributed by atoms with Crippen molar-refractivity contribution in [3.05, 3.63) is 60.2 Å². The number of benzene rings is 2. The number of amides is 1. The van der Waals surface area contributed by atoms with Crippen LogP contribution in [0.15, 0.2) is 54.6 Å². The lowest BCUT2D eigenvalue weighted by atomic mass is 9.85. The number of para-hydroxylation sites is 1. The first-order chi connectivity index (χ1) is 10.7. The van der Waals surface area contributed by atoms with Crippen molar-refractivity contribution < 1.29 is 4.79 Å². The van der Waals surface area contributed by atoms with Crippen molar-refractivity contribution in [2.45, 2.75) is 25.7 Å². The van der Waals surface area contributed by atoms with Gasteiger partial charge in [-0.3, -0.25) is 4.79 Å². The number of hydrogen-bond acceptors (Lipinski definition) is 2. The Morgan fingerprint density at radius 2 is 1.73 bits per heavy atom. The summed E-state index contributed by atoms with van der Waals surface area (Å²) in [4.78, 5) is 14.7. The third-order valence-electron chi connectivity index (χ3n) is 4.37. The molecule has 3 heteroatoms. The zero-order chi connectivity index (χ0) is 15.4. The van der Waals surface area contributed by atoms with E-state index in [2.05, 4.69) is 0 Å². The Bertz CT molecular complexity index is 618. The Labute approximate surface area is 131 Å². The van der Waals surface area contributed by atoms with Crippen molar-refractivity contribution in [2.24, 2.45) is 5.92 Å². The van der Waals surface area contributed by atoms with Gasteiger partial charge in [0, 0.05) is 17.9 Å². The van der Waals surface area contributed by atoms with Crippen molar-refractivity contribution in [1.82, 2.24) is 0 Å². The maximum Gasteiger partial charge on any atom is 0.231 e. The maximum atomic E-state index is 12.8. The highest BCUT2D eigenvalue weighted by molar-refractivity contribution is 5.94. The topological polar surface area (TPSA) is 46.3 Å². The normalized spacial score (nSPS) is 14.4. The summed E-state index contributed by atoms with van der Waals surface area (Å²) in [6.07, 6.45) is 4.18. The molecule has 0 aliphatic heterocycles. The number of nitrogen functional groups attached to an aromatic ring is 1. The second kappa shape index (κ2) is 6.65. The van der Waals surface area contributed by atoms with Gasteiger partial charge in [-0.05, 0) is 48.6 Å². The van der Waals surface area contributed by atoms with Crippen LogP contribution in [-0.2, 0) is 11.2 Å². The molecule has 0 saturated heterocycles. The van der Waals surface area contributed by atoms with Crippen molar-refractivity contribution in [3.8, 4) is 0 Å². The number of carbonyl (C=O) groups excluding carboxylic acids is 1. The number of anilines is 2. The molecule has 0 bridgehead atoms. The van der Waals surface area contributed by atoms with E-state index in [4.69, 9.17) is 5.73 Å². The average molecular weight is 294 g/mol. The SMILES string of the molecule is Nc1ccc(CC(=O)N(CC2CCC2)c2ccccc2)cc1. The summed E-state index contributed by atoms with van der Waals surface area (Å²) in [6, 6.07) is 17.5. The van der Waals surface area contributed by atoms with Gasteiger partial charge >= 0.3 is 0 Å². The summed E-state index contributed by atoms with van der Waals surface area (Å²) in [5.74, 6) is 0.804. The largest absolute Gasteiger partial charge is 0.399 e. The number of rotatable bonds is 5. The molecule has 1 aliphatic rings. The minimum atomic E-state index is 0.155. The maximum absolute atomic E-state index is 12.8. The first-order valence-corrected chi connectivity index (χ1v) is 7.92. The lowest BCUT2D eigenvalue weighted by Crippen LogP contribution is -2.38. The van der Waals surface area contributed by atoms with Crippen molar-refractivity contribution in [3.63, 3.8) is 0 Å². The van der Waals surface area contributed by atoms with Gasteiger partial charge in [0.25, 0.3) is 0 Å². The molecule has 0 unspecified atom stereocenters. The molecule has 2 N–H and O–H groups in total. The van der Waals surface area contributed by atoms with E-state index in [-0.39, 0.29) is 5.91 Å². The van der Waals surface area contributed by atoms with Gasteiger partial charge in [-0.2, -0.15) is 0 Å². The highest BCUT2D eigenvalue weighted by Crippen LogP contribution is 2.29. The minimum Gasteiger partial charge on any atom is -0.399 e. The van der Waals surface area contributed by atoms with E-state index in [9.17, 15) is 4.79 Å². The number of hydrogen-bond donors (Lipinski definition) is 1. The second-order valence-electron chi connectivity index (χ2n) is 6.06. The fourth-order valence-corrected chi connectivity index (χ4v) is 2.80. The summed E-state index contributed by atoms with van der Waals surface area (Å²) in [7, 11) is 0. The summed E-state index contributed by atoms with van der Waals surface area (Å²) >= 11 is 0. The molecule has 0 spiro atoms. The van der Waals surface area contributed by atoms with Gasteiger partial charge in [0.05, 0.1) is 6.42 Å². The van der Waals surface area contributed by atoms with Gasteiger partial charge in [-0.25, -0.2) is 0 Å². The lowest BCUT2D eigenvalue weighted by Gasteiger charge is -2.32. The predicted molar refractivity (Wildman–Crippen MR) is 90.7 cm³/mol. The standard InChI is InChI=1S/C19H22N2O/c20-17-11-9-15(10-12-17)13-19(22)21(14-16-5-4-6-16)18-7-2-1-3-8-18/h1-3,7-12,16H,4-6,13-14,20H2. The Morgan fingerprint density at radius 3 is 2.32 bits per heavy atom. The molecule has 22 heavy (non-hydrogen) atoms. The van der Waals surface area contributed by atoms with Gasteiger partial charge in [0.1, 0.15) is 0 Å². The molecule has 0 radical (unpaired) electrons. The van der Waals surface area contributed by atoms with Crippen molar-refractivity contribution >= 4 is 17.3 Å². The van der Waals surface area contributed by atoms with Crippen molar-refractivity contribution in [2.75, 3.05) is 17.2 Å². The van der Waals surface area contributed by atoms with Crippen LogP contribution in [0.2, 0.25) is 0 Å². The van der Waals surface area contributed by atoms with E-state index in [0.29, 0.717) is 12.3 Å². The van der Waals surface area contributed by atoms with Crippen LogP contribution >= 0.6 is 0 Å². The Hall–Kier alpha value is -2.29. The van der Waals surface area contributed by atoms with Gasteiger partial charge in [0.2, 0.25) is 5.91 Å². The lowest BCUT2D eigenvalue weighted by molar-refractivity contribution is -0.118. The van der Waals surface area contributed by atoms with Crippen molar-refractivity contribution in [1.29, 1.82) is 0 Å². The monoisotopic (exact) mass is 294 g/mol. The summed E-state index contributed by atoms with van der Waals surface area (Å²) in [6.45, 7) is 0.831. The van der Waals surface area contributed by atoms with Crippen LogP contribution in [0.1, 0.15) is 24.8 Å². The zero-order valence-electron chi connectivity index (χ0n) is 12.7. The molecule has 114 valence electrons. The van der Waals surface area contributed by atoms with Gasteiger partial charge in [0.15, 0.2) is 0 Å². The molecule has 1 saturated carbocycles. The first kappa shape index (κ1) is 14.6. The van der Waals surface area contributed by atoms with E-state index in [1.54, 1.807) is 0 Å². The van der Waals surface area contributed by atoms with E-state index < -0.39 is 0 Å². The fourth-order valence-electron chi connectivity index (χ4n) is 2.80. The molecular weight excluding hydrogens is 272 g/mol. The molecule has 1 aliphatic carbocycles. The van der Waals surface area contributed by atoms with Gasteiger partial charge < -0.3 is 10.6 Å². The van der Waals surface area contributed by atoms with Crippen LogP contribution in [0, 0.1) is 5.92 Å². The van der Waals surface area contributed by atoms with E-state index >= 15 is 0 Å². The highest BCUT2D eigenvalue weighted by atomic mass is 16.2. The zero-order valence-corrected chi connectivity index (χ0v) is 12.7. The summed E-state index contributed by atoms with van der Waals surface area (Å²) < 4.78 is 0. The molecule has 1 fully saturated rings. The summed E-state index contributed by atoms with van der Waals surface area (Å²) in [5, 5.41) is 0. The molecule has 0 aromatic heterocycles. The Kier molecular flexibility index (Phi) is 4.42. The van der Waals surface area contributed by atoms with Crippen LogP contribution in [-0.4, -0.2) is 12.5 Å². The molecule has 0 heterocycles. The quantitative estimate of drug-likeness (QED) is 0.856. The van der Waals surface area contributed by atoms with Gasteiger partial charge in [-0.1, -0.05) is 36.8 Å². The van der Waals surface area contributed by atoms with E-state index in [1.807, 2.05) is 59.5 Å². The van der Waals surface area contributed by atoms with Crippen LogP contribution in [0.25, 0.3) is 0 Å². The molecule has 2 aromatic rings. The predicted octanol–water partition coefficient (Wildman–Crippen LogP) is 3.64. The third kappa shape index (κ3) is 3.48. The molecular formula is C19H22N2O. The number of nitrogens with zero attached hydrogens (tertiary/aromatic N) is 1. The second-order valence-corrected chi connectivity index (χ2v) is 6.06. The van der Waals surface area contributed by atoms with Crippen LogP contribution in [0.4, 0.5) is 11.4 Å². The Balaban J connectivity index is 1.75.